The zero-order valence-electron chi connectivity index (χ0n) is 17.7. The summed E-state index contributed by atoms with van der Waals surface area (Å²) < 4.78 is 26.2. The summed E-state index contributed by atoms with van der Waals surface area (Å²) in [6.07, 6.45) is -24.9. The number of rotatable bonds is 7. The first-order chi connectivity index (χ1) is 16.0. The van der Waals surface area contributed by atoms with E-state index >= 15 is 0 Å². The molecule has 200 valence electrons. The summed E-state index contributed by atoms with van der Waals surface area (Å²) in [4.78, 5) is 0. The van der Waals surface area contributed by atoms with E-state index < -0.39 is 112 Å². The van der Waals surface area contributed by atoms with E-state index in [2.05, 4.69) is 0 Å². The summed E-state index contributed by atoms with van der Waals surface area (Å²) >= 11 is 0. The lowest BCUT2D eigenvalue weighted by Crippen LogP contribution is -2.65. The van der Waals surface area contributed by atoms with Gasteiger partial charge in [0.1, 0.15) is 73.2 Å². The Bertz CT molecular complexity index is 639. The Hall–Kier alpha value is -0.640. The van der Waals surface area contributed by atoms with Crippen LogP contribution in [-0.2, 0) is 23.7 Å². The highest BCUT2D eigenvalue weighted by Gasteiger charge is 2.51. The molecule has 0 aromatic heterocycles. The third-order valence-corrected chi connectivity index (χ3v) is 6.07. The van der Waals surface area contributed by atoms with Crippen molar-refractivity contribution < 1.29 is 79.9 Å². The summed E-state index contributed by atoms with van der Waals surface area (Å²) in [5.41, 5.74) is 0. The van der Waals surface area contributed by atoms with Crippen LogP contribution in [0.3, 0.4) is 0 Å². The van der Waals surface area contributed by atoms with Crippen LogP contribution in [0.25, 0.3) is 0 Å². The Balaban J connectivity index is 1.68. The van der Waals surface area contributed by atoms with Gasteiger partial charge in [0.15, 0.2) is 18.9 Å². The van der Waals surface area contributed by atoms with E-state index in [4.69, 9.17) is 23.7 Å². The van der Waals surface area contributed by atoms with E-state index in [0.717, 1.165) is 0 Å². The van der Waals surface area contributed by atoms with Gasteiger partial charge in [0.05, 0.1) is 19.8 Å². The van der Waals surface area contributed by atoms with E-state index in [1.807, 2.05) is 0 Å². The number of ether oxygens (including phenoxy) is 5. The number of hydrogen-bond donors (Lipinski definition) is 11. The Kier molecular flexibility index (Phi) is 9.54. The molecule has 0 spiro atoms. The first kappa shape index (κ1) is 27.9. The normalized spacial score (nSPS) is 52.5. The standard InChI is InChI=1S/C18H32O16/c19-1-4-7(21)11(25)13(27)18(33-4)34-15-9(23)5(2-20)32-17(14(15)28)30-3-6-8(22)10(24)12(26)16(29)31-6/h4-29H,1-3H2/t4-,5-,6-,7-,8-,9-,10+,11+,12-,13-,14-,15+,16+,17+,18-/m1/s1. The molecule has 3 rings (SSSR count). The van der Waals surface area contributed by atoms with E-state index in [-0.39, 0.29) is 0 Å². The number of aliphatic hydroxyl groups is 11. The van der Waals surface area contributed by atoms with Crippen LogP contribution in [0, 0.1) is 0 Å². The van der Waals surface area contributed by atoms with Crippen LogP contribution in [-0.4, -0.2) is 168 Å². The van der Waals surface area contributed by atoms with Crippen LogP contribution >= 0.6 is 0 Å². The lowest BCUT2D eigenvalue weighted by molar-refractivity contribution is -0.364. The molecule has 0 radical (unpaired) electrons. The second-order valence-electron chi connectivity index (χ2n) is 8.37. The number of hydrogen-bond acceptors (Lipinski definition) is 16. The Morgan fingerprint density at radius 3 is 1.65 bits per heavy atom. The fourth-order valence-electron chi connectivity index (χ4n) is 3.94. The van der Waals surface area contributed by atoms with Crippen molar-refractivity contribution in [2.75, 3.05) is 19.8 Å². The van der Waals surface area contributed by atoms with Gasteiger partial charge in [-0.3, -0.25) is 0 Å². The summed E-state index contributed by atoms with van der Waals surface area (Å²) in [6, 6.07) is 0. The second-order valence-corrected chi connectivity index (χ2v) is 8.37. The maximum absolute atomic E-state index is 10.7. The molecule has 0 bridgehead atoms. The fourth-order valence-corrected chi connectivity index (χ4v) is 3.94. The van der Waals surface area contributed by atoms with Gasteiger partial charge in [-0.25, -0.2) is 0 Å². The minimum atomic E-state index is -1.84. The molecule has 16 nitrogen and oxygen atoms in total. The third kappa shape index (κ3) is 5.52. The van der Waals surface area contributed by atoms with Gasteiger partial charge in [0.25, 0.3) is 0 Å². The average molecular weight is 504 g/mol. The predicted octanol–water partition coefficient (Wildman–Crippen LogP) is -7.57. The van der Waals surface area contributed by atoms with Crippen LogP contribution < -0.4 is 0 Å². The lowest BCUT2D eigenvalue weighted by atomic mass is 9.97. The van der Waals surface area contributed by atoms with Gasteiger partial charge < -0.3 is 79.9 Å². The second kappa shape index (κ2) is 11.6. The SMILES string of the molecule is OC[C@H]1O[C@H](O[C@@H]2[C@@H](O)[C@@H](OC[C@H]3O[C@H](O)[C@H](O)[C@@H](O)[C@@H]3O)O[C@H](CO)[C@H]2O)[C@H](O)[C@@H](O)[C@@H]1O. The van der Waals surface area contributed by atoms with Gasteiger partial charge in [-0.15, -0.1) is 0 Å². The van der Waals surface area contributed by atoms with Crippen LogP contribution in [0.15, 0.2) is 0 Å². The molecule has 3 aliphatic rings. The van der Waals surface area contributed by atoms with Crippen molar-refractivity contribution in [3.8, 4) is 0 Å². The summed E-state index contributed by atoms with van der Waals surface area (Å²) in [5.74, 6) is 0. The molecule has 0 aromatic carbocycles. The molecule has 3 saturated heterocycles. The molecular weight excluding hydrogens is 472 g/mol. The van der Waals surface area contributed by atoms with Crippen molar-refractivity contribution in [3.63, 3.8) is 0 Å². The molecule has 34 heavy (non-hydrogen) atoms. The van der Waals surface area contributed by atoms with E-state index in [1.165, 1.54) is 0 Å². The molecule has 0 unspecified atom stereocenters. The third-order valence-electron chi connectivity index (χ3n) is 6.07. The highest BCUT2D eigenvalue weighted by atomic mass is 16.7. The van der Waals surface area contributed by atoms with Crippen molar-refractivity contribution >= 4 is 0 Å². The highest BCUT2D eigenvalue weighted by molar-refractivity contribution is 4.94. The molecular formula is C18H32O16. The summed E-state index contributed by atoms with van der Waals surface area (Å²) in [5, 5.41) is 109. The molecule has 3 fully saturated rings. The number of aliphatic hydroxyl groups excluding tert-OH is 11. The Morgan fingerprint density at radius 1 is 0.500 bits per heavy atom. The minimum Gasteiger partial charge on any atom is -0.394 e. The van der Waals surface area contributed by atoms with Gasteiger partial charge in [-0.1, -0.05) is 0 Å². The summed E-state index contributed by atoms with van der Waals surface area (Å²) in [7, 11) is 0. The van der Waals surface area contributed by atoms with Gasteiger partial charge >= 0.3 is 0 Å². The average Bonchev–Trinajstić information content (AvgIpc) is 2.82. The molecule has 0 aromatic rings. The largest absolute Gasteiger partial charge is 0.394 e. The molecule has 3 aliphatic heterocycles. The van der Waals surface area contributed by atoms with E-state index in [0.29, 0.717) is 0 Å². The van der Waals surface area contributed by atoms with Gasteiger partial charge in [-0.05, 0) is 0 Å². The lowest BCUT2D eigenvalue weighted by Gasteiger charge is -2.46. The first-order valence-corrected chi connectivity index (χ1v) is 10.6. The fraction of sp³-hybridized carbons (Fsp3) is 1.00. The van der Waals surface area contributed by atoms with Crippen LogP contribution in [0.1, 0.15) is 0 Å². The minimum absolute atomic E-state index is 0.593. The maximum atomic E-state index is 10.7. The smallest absolute Gasteiger partial charge is 0.187 e. The van der Waals surface area contributed by atoms with Gasteiger partial charge in [-0.2, -0.15) is 0 Å². The topological polar surface area (TPSA) is 269 Å². The van der Waals surface area contributed by atoms with Crippen molar-refractivity contribution in [2.45, 2.75) is 92.1 Å². The Morgan fingerprint density at radius 2 is 1.03 bits per heavy atom. The van der Waals surface area contributed by atoms with Crippen molar-refractivity contribution in [3.05, 3.63) is 0 Å². The van der Waals surface area contributed by atoms with Crippen LogP contribution in [0.4, 0.5) is 0 Å². The molecule has 16 heteroatoms. The predicted molar refractivity (Wildman–Crippen MR) is 101 cm³/mol. The monoisotopic (exact) mass is 504 g/mol. The molecule has 0 aliphatic carbocycles. The zero-order valence-corrected chi connectivity index (χ0v) is 17.7. The first-order valence-electron chi connectivity index (χ1n) is 10.6. The summed E-state index contributed by atoms with van der Waals surface area (Å²) in [6.45, 7) is -2.11. The Labute approximate surface area is 192 Å². The molecule has 15 atom stereocenters. The van der Waals surface area contributed by atoms with Crippen LogP contribution in [0.2, 0.25) is 0 Å². The van der Waals surface area contributed by atoms with E-state index in [9.17, 15) is 56.2 Å². The quantitative estimate of drug-likeness (QED) is 0.154. The molecule has 11 N–H and O–H groups in total. The van der Waals surface area contributed by atoms with E-state index in [1.54, 1.807) is 0 Å². The molecule has 3 heterocycles. The maximum Gasteiger partial charge on any atom is 0.187 e. The van der Waals surface area contributed by atoms with Crippen LogP contribution in [0.5, 0.6) is 0 Å². The van der Waals surface area contributed by atoms with Crippen molar-refractivity contribution in [1.29, 1.82) is 0 Å². The highest BCUT2D eigenvalue weighted by Crippen LogP contribution is 2.30. The van der Waals surface area contributed by atoms with Crippen molar-refractivity contribution in [2.24, 2.45) is 0 Å². The molecule has 0 amide bonds. The van der Waals surface area contributed by atoms with Gasteiger partial charge in [0.2, 0.25) is 0 Å². The van der Waals surface area contributed by atoms with Crippen molar-refractivity contribution in [1.82, 2.24) is 0 Å². The zero-order chi connectivity index (χ0) is 25.3. The molecule has 0 saturated carbocycles. The van der Waals surface area contributed by atoms with Gasteiger partial charge in [0, 0.05) is 0 Å².